The Labute approximate surface area is 130 Å². The number of amides is 1. The smallest absolute Gasteiger partial charge is 0.277 e. The lowest BCUT2D eigenvalue weighted by molar-refractivity contribution is 0.102. The SMILES string of the molecule is COc1ccc(NC(=O)c2nn(C)c(C)c2Br)cc1Cl. The second-order valence-corrected chi connectivity index (χ2v) is 5.38. The number of halogens is 2. The number of aromatic nitrogens is 2. The number of nitrogens with one attached hydrogen (secondary N) is 1. The number of ether oxygens (including phenoxy) is 1. The van der Waals surface area contributed by atoms with Gasteiger partial charge in [0.25, 0.3) is 5.91 Å². The monoisotopic (exact) mass is 357 g/mol. The molecule has 1 heterocycles. The van der Waals surface area contributed by atoms with Gasteiger partial charge in [-0.05, 0) is 41.1 Å². The zero-order valence-electron chi connectivity index (χ0n) is 11.2. The van der Waals surface area contributed by atoms with Gasteiger partial charge >= 0.3 is 0 Å². The Morgan fingerprint density at radius 1 is 1.50 bits per heavy atom. The largest absolute Gasteiger partial charge is 0.495 e. The Balaban J connectivity index is 2.23. The molecule has 0 fully saturated rings. The standard InChI is InChI=1S/C13H13BrClN3O2/c1-7-11(14)12(17-18(7)2)13(19)16-8-4-5-10(20-3)9(15)6-8/h4-6H,1-3H3,(H,16,19). The predicted octanol–water partition coefficient (Wildman–Crippen LogP) is 3.41. The lowest BCUT2D eigenvalue weighted by Crippen LogP contribution is -2.13. The summed E-state index contributed by atoms with van der Waals surface area (Å²) in [5.41, 5.74) is 1.79. The van der Waals surface area contributed by atoms with E-state index in [0.29, 0.717) is 26.6 Å². The van der Waals surface area contributed by atoms with Crippen LogP contribution in [0.3, 0.4) is 0 Å². The van der Waals surface area contributed by atoms with E-state index in [4.69, 9.17) is 16.3 Å². The summed E-state index contributed by atoms with van der Waals surface area (Å²) < 4.78 is 7.38. The van der Waals surface area contributed by atoms with Crippen LogP contribution in [0.25, 0.3) is 0 Å². The quantitative estimate of drug-likeness (QED) is 0.915. The molecule has 20 heavy (non-hydrogen) atoms. The van der Waals surface area contributed by atoms with E-state index in [1.165, 1.54) is 7.11 Å². The van der Waals surface area contributed by atoms with Crippen molar-refractivity contribution < 1.29 is 9.53 Å². The third-order valence-corrected chi connectivity index (χ3v) is 4.13. The highest BCUT2D eigenvalue weighted by Crippen LogP contribution is 2.28. The molecule has 0 unspecified atom stereocenters. The molecule has 0 radical (unpaired) electrons. The third-order valence-electron chi connectivity index (χ3n) is 2.89. The van der Waals surface area contributed by atoms with Crippen molar-refractivity contribution in [2.75, 3.05) is 12.4 Å². The van der Waals surface area contributed by atoms with Crippen molar-refractivity contribution in [3.63, 3.8) is 0 Å². The molecule has 2 aromatic rings. The van der Waals surface area contributed by atoms with Crippen LogP contribution in [0.5, 0.6) is 5.75 Å². The minimum Gasteiger partial charge on any atom is -0.495 e. The summed E-state index contributed by atoms with van der Waals surface area (Å²) in [6, 6.07) is 5.03. The fourth-order valence-electron chi connectivity index (χ4n) is 1.66. The lowest BCUT2D eigenvalue weighted by atomic mass is 10.3. The van der Waals surface area contributed by atoms with Crippen LogP contribution in [0.15, 0.2) is 22.7 Å². The van der Waals surface area contributed by atoms with Crippen LogP contribution in [0.2, 0.25) is 5.02 Å². The molecule has 0 saturated carbocycles. The normalized spacial score (nSPS) is 10.4. The minimum absolute atomic E-state index is 0.304. The molecule has 0 aliphatic rings. The number of carbonyl (C=O) groups excluding carboxylic acids is 1. The van der Waals surface area contributed by atoms with Crippen LogP contribution in [0.4, 0.5) is 5.69 Å². The molecule has 0 spiro atoms. The molecule has 0 aliphatic heterocycles. The van der Waals surface area contributed by atoms with Crippen molar-refractivity contribution in [1.29, 1.82) is 0 Å². The van der Waals surface area contributed by atoms with Gasteiger partial charge in [0.05, 0.1) is 22.3 Å². The van der Waals surface area contributed by atoms with Crippen molar-refractivity contribution in [3.8, 4) is 5.75 Å². The Kier molecular flexibility index (Phi) is 4.35. The first-order chi connectivity index (χ1) is 9.43. The Morgan fingerprint density at radius 2 is 2.20 bits per heavy atom. The van der Waals surface area contributed by atoms with Crippen LogP contribution < -0.4 is 10.1 Å². The van der Waals surface area contributed by atoms with E-state index in [0.717, 1.165) is 5.69 Å². The highest BCUT2D eigenvalue weighted by Gasteiger charge is 2.18. The zero-order chi connectivity index (χ0) is 14.9. The topological polar surface area (TPSA) is 56.1 Å². The summed E-state index contributed by atoms with van der Waals surface area (Å²) in [5.74, 6) is 0.251. The van der Waals surface area contributed by atoms with Crippen LogP contribution in [-0.4, -0.2) is 22.8 Å². The number of methoxy groups -OCH3 is 1. The van der Waals surface area contributed by atoms with Gasteiger partial charge in [0.2, 0.25) is 0 Å². The summed E-state index contributed by atoms with van der Waals surface area (Å²) >= 11 is 9.38. The number of aryl methyl sites for hydroxylation is 1. The molecule has 2 rings (SSSR count). The summed E-state index contributed by atoms with van der Waals surface area (Å²) in [5, 5.41) is 7.34. The van der Waals surface area contributed by atoms with Gasteiger partial charge < -0.3 is 10.1 Å². The second kappa shape index (κ2) is 5.85. The van der Waals surface area contributed by atoms with Crippen molar-refractivity contribution in [3.05, 3.63) is 39.1 Å². The first-order valence-corrected chi connectivity index (χ1v) is 6.95. The maximum atomic E-state index is 12.2. The summed E-state index contributed by atoms with van der Waals surface area (Å²) in [6.45, 7) is 1.87. The van der Waals surface area contributed by atoms with Gasteiger partial charge in [-0.2, -0.15) is 5.10 Å². The Morgan fingerprint density at radius 3 is 2.70 bits per heavy atom. The highest BCUT2D eigenvalue weighted by molar-refractivity contribution is 9.10. The molecule has 1 amide bonds. The average molecular weight is 359 g/mol. The van der Waals surface area contributed by atoms with Gasteiger partial charge in [-0.3, -0.25) is 9.48 Å². The fraction of sp³-hybridized carbons (Fsp3) is 0.231. The third kappa shape index (κ3) is 2.81. The van der Waals surface area contributed by atoms with E-state index in [-0.39, 0.29) is 5.91 Å². The van der Waals surface area contributed by atoms with Crippen LogP contribution in [-0.2, 0) is 7.05 Å². The predicted molar refractivity (Wildman–Crippen MR) is 81.6 cm³/mol. The van der Waals surface area contributed by atoms with Gasteiger partial charge in [-0.15, -0.1) is 0 Å². The van der Waals surface area contributed by atoms with Crippen molar-refractivity contribution in [2.45, 2.75) is 6.92 Å². The summed E-state index contributed by atoms with van der Waals surface area (Å²) in [6.07, 6.45) is 0. The molecular weight excluding hydrogens is 346 g/mol. The fourth-order valence-corrected chi connectivity index (χ4v) is 2.44. The molecule has 1 aromatic heterocycles. The van der Waals surface area contributed by atoms with Gasteiger partial charge in [-0.1, -0.05) is 11.6 Å². The number of benzene rings is 1. The molecule has 7 heteroatoms. The summed E-state index contributed by atoms with van der Waals surface area (Å²) in [4.78, 5) is 12.2. The molecule has 0 atom stereocenters. The molecule has 106 valence electrons. The second-order valence-electron chi connectivity index (χ2n) is 4.18. The minimum atomic E-state index is -0.304. The van der Waals surface area contributed by atoms with Gasteiger partial charge in [-0.25, -0.2) is 0 Å². The van der Waals surface area contributed by atoms with Crippen molar-refractivity contribution >= 4 is 39.1 Å². The van der Waals surface area contributed by atoms with Gasteiger partial charge in [0.15, 0.2) is 5.69 Å². The molecule has 0 aliphatic carbocycles. The molecule has 1 aromatic carbocycles. The highest BCUT2D eigenvalue weighted by atomic mass is 79.9. The van der Waals surface area contributed by atoms with E-state index in [1.54, 1.807) is 29.9 Å². The van der Waals surface area contributed by atoms with E-state index in [9.17, 15) is 4.79 Å². The molecule has 0 saturated heterocycles. The molecular formula is C13H13BrClN3O2. The van der Waals surface area contributed by atoms with E-state index in [1.807, 2.05) is 6.92 Å². The maximum Gasteiger partial charge on any atom is 0.277 e. The van der Waals surface area contributed by atoms with E-state index >= 15 is 0 Å². The van der Waals surface area contributed by atoms with Gasteiger partial charge in [0.1, 0.15) is 5.75 Å². The number of carbonyl (C=O) groups is 1. The number of anilines is 1. The van der Waals surface area contributed by atoms with Crippen LogP contribution in [0.1, 0.15) is 16.2 Å². The Bertz CT molecular complexity index is 670. The molecule has 5 nitrogen and oxygen atoms in total. The lowest BCUT2D eigenvalue weighted by Gasteiger charge is -2.07. The first kappa shape index (κ1) is 14.9. The Hall–Kier alpha value is -1.53. The number of rotatable bonds is 3. The van der Waals surface area contributed by atoms with Crippen LogP contribution >= 0.6 is 27.5 Å². The van der Waals surface area contributed by atoms with Gasteiger partial charge in [0, 0.05) is 12.7 Å². The van der Waals surface area contributed by atoms with E-state index < -0.39 is 0 Å². The van der Waals surface area contributed by atoms with Crippen molar-refractivity contribution in [2.24, 2.45) is 7.05 Å². The first-order valence-electron chi connectivity index (χ1n) is 5.78. The summed E-state index contributed by atoms with van der Waals surface area (Å²) in [7, 11) is 3.31. The molecule has 1 N–H and O–H groups in total. The van der Waals surface area contributed by atoms with Crippen LogP contribution in [0, 0.1) is 6.92 Å². The number of nitrogens with zero attached hydrogens (tertiary/aromatic N) is 2. The van der Waals surface area contributed by atoms with Crippen molar-refractivity contribution in [1.82, 2.24) is 9.78 Å². The number of hydrogen-bond donors (Lipinski definition) is 1. The zero-order valence-corrected chi connectivity index (χ0v) is 13.5. The van der Waals surface area contributed by atoms with E-state index in [2.05, 4.69) is 26.3 Å². The number of hydrogen-bond acceptors (Lipinski definition) is 3. The maximum absolute atomic E-state index is 12.2. The molecule has 0 bridgehead atoms. The average Bonchev–Trinajstić information content (AvgIpc) is 2.67.